The van der Waals surface area contributed by atoms with Crippen LogP contribution in [-0.2, 0) is 0 Å². The second kappa shape index (κ2) is 3.87. The fourth-order valence-corrected chi connectivity index (χ4v) is 1.41. The van der Waals surface area contributed by atoms with Crippen LogP contribution in [0.4, 0.5) is 0 Å². The molecule has 3 nitrogen and oxygen atoms in total. The summed E-state index contributed by atoms with van der Waals surface area (Å²) in [7, 11) is 0. The first-order chi connectivity index (χ1) is 7.16. The van der Waals surface area contributed by atoms with E-state index in [0.29, 0.717) is 16.5 Å². The van der Waals surface area contributed by atoms with Crippen LogP contribution in [0.15, 0.2) is 34.9 Å². The van der Waals surface area contributed by atoms with Crippen molar-refractivity contribution in [3.63, 3.8) is 0 Å². The van der Waals surface area contributed by atoms with E-state index in [-0.39, 0.29) is 5.78 Å². The van der Waals surface area contributed by atoms with E-state index in [2.05, 4.69) is 5.16 Å². The Balaban J connectivity index is 2.41. The molecule has 0 fully saturated rings. The molecule has 2 aromatic rings. The number of carbonyl (C=O) groups excluding carboxylic acids is 1. The third-order valence-electron chi connectivity index (χ3n) is 1.98. The van der Waals surface area contributed by atoms with Crippen LogP contribution in [0.3, 0.4) is 0 Å². The summed E-state index contributed by atoms with van der Waals surface area (Å²) < 4.78 is 5.04. The van der Waals surface area contributed by atoms with Crippen LogP contribution in [0.2, 0.25) is 5.02 Å². The molecule has 0 saturated heterocycles. The fourth-order valence-electron chi connectivity index (χ4n) is 1.22. The van der Waals surface area contributed by atoms with Crippen LogP contribution >= 0.6 is 11.6 Å². The molecule has 0 N–H and O–H groups in total. The summed E-state index contributed by atoms with van der Waals surface area (Å²) in [6, 6.07) is 8.79. The Morgan fingerprint density at radius 3 is 2.80 bits per heavy atom. The molecule has 0 saturated carbocycles. The Hall–Kier alpha value is -1.61. The molecule has 0 radical (unpaired) electrons. The van der Waals surface area contributed by atoms with Gasteiger partial charge in [-0.15, -0.1) is 0 Å². The fraction of sp³-hybridized carbons (Fsp3) is 0.0909. The van der Waals surface area contributed by atoms with Gasteiger partial charge in [0.1, 0.15) is 5.69 Å². The lowest BCUT2D eigenvalue weighted by Crippen LogP contribution is -1.89. The Morgan fingerprint density at radius 2 is 2.20 bits per heavy atom. The average Bonchev–Trinajstić information content (AvgIpc) is 2.66. The van der Waals surface area contributed by atoms with Gasteiger partial charge in [0.15, 0.2) is 11.5 Å². The molecule has 0 spiro atoms. The summed E-state index contributed by atoms with van der Waals surface area (Å²) in [5.74, 6) is 0.426. The summed E-state index contributed by atoms with van der Waals surface area (Å²) in [6.07, 6.45) is 0. The van der Waals surface area contributed by atoms with Crippen LogP contribution < -0.4 is 0 Å². The molecule has 1 aromatic heterocycles. The van der Waals surface area contributed by atoms with Gasteiger partial charge in [0.2, 0.25) is 0 Å². The van der Waals surface area contributed by atoms with E-state index in [1.807, 2.05) is 12.1 Å². The summed E-state index contributed by atoms with van der Waals surface area (Å²) >= 11 is 5.84. The van der Waals surface area contributed by atoms with Crippen molar-refractivity contribution in [3.8, 4) is 11.3 Å². The zero-order valence-corrected chi connectivity index (χ0v) is 8.78. The summed E-state index contributed by atoms with van der Waals surface area (Å²) in [6.45, 7) is 1.44. The molecule has 4 heteroatoms. The number of aromatic nitrogens is 1. The molecule has 0 amide bonds. The number of ketones is 1. The lowest BCUT2D eigenvalue weighted by Gasteiger charge is -1.94. The minimum absolute atomic E-state index is 0.118. The minimum Gasteiger partial charge on any atom is -0.356 e. The van der Waals surface area contributed by atoms with Crippen LogP contribution in [0, 0.1) is 0 Å². The third-order valence-corrected chi connectivity index (χ3v) is 2.22. The number of rotatable bonds is 2. The molecular formula is C11H8ClNO2. The quantitative estimate of drug-likeness (QED) is 0.732. The van der Waals surface area contributed by atoms with Crippen molar-refractivity contribution in [2.75, 3.05) is 0 Å². The van der Waals surface area contributed by atoms with E-state index in [4.69, 9.17) is 16.1 Å². The molecule has 0 aliphatic carbocycles. The lowest BCUT2D eigenvalue weighted by molar-refractivity contribution is 0.100. The highest BCUT2D eigenvalue weighted by atomic mass is 35.5. The highest BCUT2D eigenvalue weighted by Gasteiger charge is 2.09. The first-order valence-electron chi connectivity index (χ1n) is 4.40. The second-order valence-corrected chi connectivity index (χ2v) is 3.58. The smallest absolute Gasteiger partial charge is 0.181 e. The standard InChI is InChI=1S/C11H8ClNO2/c1-7(14)10-6-11(15-13-10)8-3-2-4-9(12)5-8/h2-6H,1H3. The van der Waals surface area contributed by atoms with Crippen molar-refractivity contribution in [1.82, 2.24) is 5.16 Å². The number of Topliss-reactive ketones (excluding diaryl/α,β-unsaturated/α-hetero) is 1. The Labute approximate surface area is 91.6 Å². The lowest BCUT2D eigenvalue weighted by atomic mass is 10.1. The van der Waals surface area contributed by atoms with Gasteiger partial charge in [-0.3, -0.25) is 4.79 Å². The zero-order valence-electron chi connectivity index (χ0n) is 8.03. The molecule has 1 aromatic carbocycles. The van der Waals surface area contributed by atoms with Gasteiger partial charge in [0.05, 0.1) is 0 Å². The summed E-state index contributed by atoms with van der Waals surface area (Å²) in [4.78, 5) is 11.0. The van der Waals surface area contributed by atoms with Crippen LogP contribution in [-0.4, -0.2) is 10.9 Å². The average molecular weight is 222 g/mol. The molecule has 2 rings (SSSR count). The third kappa shape index (κ3) is 2.07. The van der Waals surface area contributed by atoms with Crippen LogP contribution in [0.5, 0.6) is 0 Å². The highest BCUT2D eigenvalue weighted by Crippen LogP contribution is 2.23. The van der Waals surface area contributed by atoms with E-state index in [1.165, 1.54) is 6.92 Å². The Kier molecular flexibility index (Phi) is 2.56. The molecule has 0 aliphatic rings. The molecule has 0 atom stereocenters. The van der Waals surface area contributed by atoms with E-state index >= 15 is 0 Å². The number of nitrogens with zero attached hydrogens (tertiary/aromatic N) is 1. The van der Waals surface area contributed by atoms with Gasteiger partial charge in [-0.05, 0) is 12.1 Å². The topological polar surface area (TPSA) is 43.1 Å². The first kappa shape index (κ1) is 9.93. The van der Waals surface area contributed by atoms with Crippen LogP contribution in [0.1, 0.15) is 17.4 Å². The molecule has 0 aliphatic heterocycles. The summed E-state index contributed by atoms with van der Waals surface area (Å²) in [5.41, 5.74) is 1.13. The molecule has 15 heavy (non-hydrogen) atoms. The molecule has 76 valence electrons. The van der Waals surface area contributed by atoms with E-state index in [9.17, 15) is 4.79 Å². The van der Waals surface area contributed by atoms with Crippen molar-refractivity contribution in [2.24, 2.45) is 0 Å². The number of halogens is 1. The van der Waals surface area contributed by atoms with Gasteiger partial charge in [-0.25, -0.2) is 0 Å². The number of benzene rings is 1. The highest BCUT2D eigenvalue weighted by molar-refractivity contribution is 6.30. The van der Waals surface area contributed by atoms with Crippen molar-refractivity contribution >= 4 is 17.4 Å². The minimum atomic E-state index is -0.118. The second-order valence-electron chi connectivity index (χ2n) is 3.14. The molecule has 1 heterocycles. The SMILES string of the molecule is CC(=O)c1cc(-c2cccc(Cl)c2)on1. The number of hydrogen-bond donors (Lipinski definition) is 0. The zero-order chi connectivity index (χ0) is 10.8. The number of hydrogen-bond acceptors (Lipinski definition) is 3. The Morgan fingerprint density at radius 1 is 1.40 bits per heavy atom. The van der Waals surface area contributed by atoms with Gasteiger partial charge in [0.25, 0.3) is 0 Å². The van der Waals surface area contributed by atoms with E-state index in [1.54, 1.807) is 18.2 Å². The maximum absolute atomic E-state index is 11.0. The van der Waals surface area contributed by atoms with Gasteiger partial charge >= 0.3 is 0 Å². The van der Waals surface area contributed by atoms with E-state index in [0.717, 1.165) is 5.56 Å². The van der Waals surface area contributed by atoms with Gasteiger partial charge in [-0.1, -0.05) is 28.9 Å². The first-order valence-corrected chi connectivity index (χ1v) is 4.78. The van der Waals surface area contributed by atoms with Gasteiger partial charge in [0, 0.05) is 23.6 Å². The maximum atomic E-state index is 11.0. The van der Waals surface area contributed by atoms with Crippen molar-refractivity contribution in [2.45, 2.75) is 6.92 Å². The Bertz CT molecular complexity index is 505. The van der Waals surface area contributed by atoms with E-state index < -0.39 is 0 Å². The molecule has 0 bridgehead atoms. The van der Waals surface area contributed by atoms with Crippen LogP contribution in [0.25, 0.3) is 11.3 Å². The normalized spacial score (nSPS) is 10.3. The van der Waals surface area contributed by atoms with Gasteiger partial charge < -0.3 is 4.52 Å². The van der Waals surface area contributed by atoms with Crippen molar-refractivity contribution in [3.05, 3.63) is 41.0 Å². The van der Waals surface area contributed by atoms with Gasteiger partial charge in [-0.2, -0.15) is 0 Å². The monoisotopic (exact) mass is 221 g/mol. The molecular weight excluding hydrogens is 214 g/mol. The van der Waals surface area contributed by atoms with Crippen molar-refractivity contribution in [1.29, 1.82) is 0 Å². The maximum Gasteiger partial charge on any atom is 0.181 e. The largest absolute Gasteiger partial charge is 0.356 e. The predicted molar refractivity (Wildman–Crippen MR) is 57.0 cm³/mol. The van der Waals surface area contributed by atoms with Crippen molar-refractivity contribution < 1.29 is 9.32 Å². The number of carbonyl (C=O) groups is 1. The predicted octanol–water partition coefficient (Wildman–Crippen LogP) is 3.20. The molecule has 0 unspecified atom stereocenters. The summed E-state index contributed by atoms with van der Waals surface area (Å²) in [5, 5.41) is 4.27.